The second-order valence-electron chi connectivity index (χ2n) is 4.21. The van der Waals surface area contributed by atoms with Crippen LogP contribution in [-0.4, -0.2) is 22.1 Å². The first-order valence-corrected chi connectivity index (χ1v) is 7.64. The standard InChI is InChI=1S/C14H17NO3S/c1-3-10-15-19(16,17)14-9-8-13(18-2)11-6-4-5-7-12(11)14/h4-9,15H,3,10H2,1-2H3. The first kappa shape index (κ1) is 13.8. The zero-order valence-corrected chi connectivity index (χ0v) is 11.8. The smallest absolute Gasteiger partial charge is 0.241 e. The van der Waals surface area contributed by atoms with Crippen LogP contribution in [0, 0.1) is 0 Å². The number of benzene rings is 2. The van der Waals surface area contributed by atoms with Crippen LogP contribution in [0.25, 0.3) is 10.8 Å². The average molecular weight is 279 g/mol. The van der Waals surface area contributed by atoms with Crippen LogP contribution < -0.4 is 9.46 Å². The molecule has 2 rings (SSSR count). The van der Waals surface area contributed by atoms with Gasteiger partial charge in [0.05, 0.1) is 12.0 Å². The Morgan fingerprint density at radius 1 is 1.11 bits per heavy atom. The molecule has 19 heavy (non-hydrogen) atoms. The lowest BCUT2D eigenvalue weighted by molar-refractivity contribution is 0.419. The summed E-state index contributed by atoms with van der Waals surface area (Å²) in [6.07, 6.45) is 0.757. The van der Waals surface area contributed by atoms with Crippen LogP contribution in [-0.2, 0) is 10.0 Å². The Labute approximate surface area is 113 Å². The van der Waals surface area contributed by atoms with Gasteiger partial charge in [0.1, 0.15) is 5.75 Å². The van der Waals surface area contributed by atoms with Gasteiger partial charge in [-0.05, 0) is 18.6 Å². The van der Waals surface area contributed by atoms with Crippen LogP contribution in [0.1, 0.15) is 13.3 Å². The quantitative estimate of drug-likeness (QED) is 0.915. The van der Waals surface area contributed by atoms with E-state index in [1.165, 1.54) is 0 Å². The Morgan fingerprint density at radius 3 is 2.42 bits per heavy atom. The van der Waals surface area contributed by atoms with Crippen LogP contribution in [0.2, 0.25) is 0 Å². The molecule has 0 spiro atoms. The van der Waals surface area contributed by atoms with Gasteiger partial charge in [0.15, 0.2) is 0 Å². The summed E-state index contributed by atoms with van der Waals surface area (Å²) >= 11 is 0. The van der Waals surface area contributed by atoms with Crippen LogP contribution in [0.3, 0.4) is 0 Å². The fourth-order valence-corrected chi connectivity index (χ4v) is 3.31. The minimum absolute atomic E-state index is 0.289. The number of fused-ring (bicyclic) bond motifs is 1. The molecule has 0 amide bonds. The van der Waals surface area contributed by atoms with Crippen molar-refractivity contribution >= 4 is 20.8 Å². The highest BCUT2D eigenvalue weighted by Crippen LogP contribution is 2.30. The summed E-state index contributed by atoms with van der Waals surface area (Å²) in [7, 11) is -1.90. The largest absolute Gasteiger partial charge is 0.496 e. The van der Waals surface area contributed by atoms with Gasteiger partial charge in [-0.1, -0.05) is 31.2 Å². The van der Waals surface area contributed by atoms with Crippen molar-refractivity contribution in [1.29, 1.82) is 0 Å². The maximum Gasteiger partial charge on any atom is 0.241 e. The normalized spacial score (nSPS) is 11.7. The molecular weight excluding hydrogens is 262 g/mol. The summed E-state index contributed by atoms with van der Waals surface area (Å²) in [4.78, 5) is 0.289. The molecule has 0 bridgehead atoms. The maximum absolute atomic E-state index is 12.3. The van der Waals surface area contributed by atoms with E-state index in [1.54, 1.807) is 25.3 Å². The molecule has 5 heteroatoms. The molecule has 0 aliphatic heterocycles. The van der Waals surface area contributed by atoms with Crippen LogP contribution >= 0.6 is 0 Å². The van der Waals surface area contributed by atoms with Gasteiger partial charge < -0.3 is 4.74 Å². The lowest BCUT2D eigenvalue weighted by Crippen LogP contribution is -2.24. The number of nitrogens with one attached hydrogen (secondary N) is 1. The number of hydrogen-bond donors (Lipinski definition) is 1. The summed E-state index contributed by atoms with van der Waals surface area (Å²) < 4.78 is 32.4. The molecule has 102 valence electrons. The number of sulfonamides is 1. The van der Waals surface area contributed by atoms with E-state index < -0.39 is 10.0 Å². The third kappa shape index (κ3) is 2.72. The second kappa shape index (κ2) is 5.59. The molecule has 0 fully saturated rings. The molecule has 0 aliphatic rings. The predicted molar refractivity (Wildman–Crippen MR) is 76.0 cm³/mol. The highest BCUT2D eigenvalue weighted by molar-refractivity contribution is 7.89. The van der Waals surface area contributed by atoms with Gasteiger partial charge >= 0.3 is 0 Å². The molecule has 2 aromatic rings. The molecule has 1 N–H and O–H groups in total. The van der Waals surface area contributed by atoms with Gasteiger partial charge in [0, 0.05) is 17.3 Å². The molecule has 0 atom stereocenters. The van der Waals surface area contributed by atoms with Crippen LogP contribution in [0.15, 0.2) is 41.3 Å². The first-order chi connectivity index (χ1) is 9.10. The number of methoxy groups -OCH3 is 1. The molecule has 0 heterocycles. The number of hydrogen-bond acceptors (Lipinski definition) is 3. The highest BCUT2D eigenvalue weighted by atomic mass is 32.2. The lowest BCUT2D eigenvalue weighted by Gasteiger charge is -2.11. The minimum atomic E-state index is -3.48. The minimum Gasteiger partial charge on any atom is -0.496 e. The Bertz CT molecular complexity index is 680. The topological polar surface area (TPSA) is 55.4 Å². The maximum atomic E-state index is 12.3. The summed E-state index contributed by atoms with van der Waals surface area (Å²) in [5.74, 6) is 0.671. The molecule has 0 saturated carbocycles. The Balaban J connectivity index is 2.63. The van der Waals surface area contributed by atoms with E-state index in [1.807, 2.05) is 25.1 Å². The SMILES string of the molecule is CCCNS(=O)(=O)c1ccc(OC)c2ccccc12. The zero-order chi connectivity index (χ0) is 13.9. The van der Waals surface area contributed by atoms with Crippen molar-refractivity contribution in [3.63, 3.8) is 0 Å². The molecule has 0 saturated heterocycles. The van der Waals surface area contributed by atoms with E-state index in [-0.39, 0.29) is 4.90 Å². The van der Waals surface area contributed by atoms with Gasteiger partial charge in [-0.15, -0.1) is 0 Å². The fraction of sp³-hybridized carbons (Fsp3) is 0.286. The average Bonchev–Trinajstić information content (AvgIpc) is 2.43. The molecule has 0 aliphatic carbocycles. The Hall–Kier alpha value is -1.59. The fourth-order valence-electron chi connectivity index (χ4n) is 1.97. The van der Waals surface area contributed by atoms with Gasteiger partial charge in [-0.2, -0.15) is 0 Å². The van der Waals surface area contributed by atoms with Crippen LogP contribution in [0.4, 0.5) is 0 Å². The summed E-state index contributed by atoms with van der Waals surface area (Å²) in [6, 6.07) is 10.6. The Kier molecular flexibility index (Phi) is 4.07. The van der Waals surface area contributed by atoms with Crippen molar-refractivity contribution in [2.45, 2.75) is 18.2 Å². The van der Waals surface area contributed by atoms with Crippen molar-refractivity contribution in [2.75, 3.05) is 13.7 Å². The van der Waals surface area contributed by atoms with Gasteiger partial charge in [0.2, 0.25) is 10.0 Å². The molecule has 4 nitrogen and oxygen atoms in total. The summed E-state index contributed by atoms with van der Waals surface area (Å²) in [5, 5.41) is 1.47. The molecule has 2 aromatic carbocycles. The van der Waals surface area contributed by atoms with Gasteiger partial charge in [-0.3, -0.25) is 0 Å². The molecule has 0 unspecified atom stereocenters. The third-order valence-corrected chi connectivity index (χ3v) is 4.41. The number of rotatable bonds is 5. The predicted octanol–water partition coefficient (Wildman–Crippen LogP) is 2.54. The highest BCUT2D eigenvalue weighted by Gasteiger charge is 2.17. The van der Waals surface area contributed by atoms with Crippen LogP contribution in [0.5, 0.6) is 5.75 Å². The van der Waals surface area contributed by atoms with E-state index in [0.717, 1.165) is 11.8 Å². The van der Waals surface area contributed by atoms with Crippen molar-refractivity contribution in [1.82, 2.24) is 4.72 Å². The molecule has 0 aromatic heterocycles. The first-order valence-electron chi connectivity index (χ1n) is 6.15. The zero-order valence-electron chi connectivity index (χ0n) is 11.0. The van der Waals surface area contributed by atoms with Gasteiger partial charge in [0.25, 0.3) is 0 Å². The summed E-state index contributed by atoms with van der Waals surface area (Å²) in [5.41, 5.74) is 0. The van der Waals surface area contributed by atoms with Crippen molar-refractivity contribution in [3.8, 4) is 5.75 Å². The van der Waals surface area contributed by atoms with Crippen molar-refractivity contribution < 1.29 is 13.2 Å². The summed E-state index contributed by atoms with van der Waals surface area (Å²) in [6.45, 7) is 2.36. The van der Waals surface area contributed by atoms with Gasteiger partial charge in [-0.25, -0.2) is 13.1 Å². The molecular formula is C14H17NO3S. The van der Waals surface area contributed by atoms with E-state index in [4.69, 9.17) is 4.74 Å². The van der Waals surface area contributed by atoms with E-state index >= 15 is 0 Å². The third-order valence-electron chi connectivity index (χ3n) is 2.90. The molecule has 0 radical (unpaired) electrons. The van der Waals surface area contributed by atoms with E-state index in [0.29, 0.717) is 17.7 Å². The van der Waals surface area contributed by atoms with Crippen molar-refractivity contribution in [3.05, 3.63) is 36.4 Å². The lowest BCUT2D eigenvalue weighted by atomic mass is 10.1. The van der Waals surface area contributed by atoms with E-state index in [9.17, 15) is 8.42 Å². The second-order valence-corrected chi connectivity index (χ2v) is 5.94. The van der Waals surface area contributed by atoms with E-state index in [2.05, 4.69) is 4.72 Å². The monoisotopic (exact) mass is 279 g/mol. The Morgan fingerprint density at radius 2 is 1.79 bits per heavy atom. The van der Waals surface area contributed by atoms with Crippen molar-refractivity contribution in [2.24, 2.45) is 0 Å². The number of ether oxygens (including phenoxy) is 1.